The maximum absolute atomic E-state index is 12.9. The van der Waals surface area contributed by atoms with Gasteiger partial charge in [-0.15, -0.1) is 0 Å². The van der Waals surface area contributed by atoms with Crippen molar-refractivity contribution >= 4 is 11.9 Å². The zero-order chi connectivity index (χ0) is 19.2. The van der Waals surface area contributed by atoms with Gasteiger partial charge in [0.2, 0.25) is 0 Å². The van der Waals surface area contributed by atoms with Gasteiger partial charge < -0.3 is 9.64 Å². The molecule has 0 bridgehead atoms. The fourth-order valence-corrected chi connectivity index (χ4v) is 2.59. The van der Waals surface area contributed by atoms with E-state index in [0.29, 0.717) is 24.6 Å². The lowest BCUT2D eigenvalue weighted by molar-refractivity contribution is -0.145. The van der Waals surface area contributed by atoms with Crippen molar-refractivity contribution in [2.45, 2.75) is 53.4 Å². The summed E-state index contributed by atoms with van der Waals surface area (Å²) in [7, 11) is 1.38. The molecular formula is C21H33NO3. The first kappa shape index (κ1) is 21.2. The Hall–Kier alpha value is -1.84. The van der Waals surface area contributed by atoms with E-state index in [0.717, 1.165) is 6.42 Å². The molecule has 0 aliphatic heterocycles. The van der Waals surface area contributed by atoms with Crippen LogP contribution in [0.2, 0.25) is 0 Å². The molecule has 0 spiro atoms. The zero-order valence-electron chi connectivity index (χ0n) is 16.8. The molecule has 25 heavy (non-hydrogen) atoms. The van der Waals surface area contributed by atoms with Crippen LogP contribution in [0.15, 0.2) is 24.3 Å². The van der Waals surface area contributed by atoms with E-state index >= 15 is 0 Å². The minimum atomic E-state index is -0.338. The molecule has 0 radical (unpaired) electrons. The van der Waals surface area contributed by atoms with Gasteiger partial charge in [0, 0.05) is 18.7 Å². The quantitative estimate of drug-likeness (QED) is 0.692. The molecule has 1 rings (SSSR count). The summed E-state index contributed by atoms with van der Waals surface area (Å²) in [5.74, 6) is -0.163. The number of hydrogen-bond acceptors (Lipinski definition) is 3. The molecule has 1 unspecified atom stereocenters. The van der Waals surface area contributed by atoms with Crippen LogP contribution < -0.4 is 0 Å². The van der Waals surface area contributed by atoms with Gasteiger partial charge in [0.1, 0.15) is 0 Å². The molecular weight excluding hydrogens is 314 g/mol. The number of esters is 1. The van der Waals surface area contributed by atoms with Crippen molar-refractivity contribution in [1.29, 1.82) is 0 Å². The maximum Gasteiger partial charge on any atom is 0.310 e. The second-order valence-electron chi connectivity index (χ2n) is 8.19. The molecule has 0 aromatic heterocycles. The number of ether oxygens (including phenoxy) is 1. The fourth-order valence-electron chi connectivity index (χ4n) is 2.59. The summed E-state index contributed by atoms with van der Waals surface area (Å²) >= 11 is 0. The van der Waals surface area contributed by atoms with E-state index in [1.165, 1.54) is 12.7 Å². The van der Waals surface area contributed by atoms with Crippen molar-refractivity contribution < 1.29 is 14.3 Å². The number of rotatable bonds is 7. The summed E-state index contributed by atoms with van der Waals surface area (Å²) in [5, 5.41) is 0. The van der Waals surface area contributed by atoms with Gasteiger partial charge >= 0.3 is 5.97 Å². The Kier molecular flexibility index (Phi) is 7.65. The number of nitrogens with zero attached hydrogens (tertiary/aromatic N) is 1. The third kappa shape index (κ3) is 6.52. The van der Waals surface area contributed by atoms with Crippen LogP contribution >= 0.6 is 0 Å². The van der Waals surface area contributed by atoms with E-state index in [9.17, 15) is 9.59 Å². The Morgan fingerprint density at radius 1 is 1.08 bits per heavy atom. The van der Waals surface area contributed by atoms with Crippen LogP contribution in [0.25, 0.3) is 0 Å². The van der Waals surface area contributed by atoms with Crippen LogP contribution in [0, 0.1) is 11.8 Å². The molecule has 0 heterocycles. The maximum atomic E-state index is 12.9. The van der Waals surface area contributed by atoms with E-state index in [1.807, 2.05) is 24.3 Å². The van der Waals surface area contributed by atoms with Gasteiger partial charge in [-0.3, -0.25) is 9.59 Å². The smallest absolute Gasteiger partial charge is 0.310 e. The first-order chi connectivity index (χ1) is 11.6. The fraction of sp³-hybridized carbons (Fsp3) is 0.619. The average Bonchev–Trinajstić information content (AvgIpc) is 2.56. The molecule has 0 saturated carbocycles. The van der Waals surface area contributed by atoms with Gasteiger partial charge in [0.05, 0.1) is 13.0 Å². The normalized spacial score (nSPS) is 12.8. The number of methoxy groups -OCH3 is 1. The van der Waals surface area contributed by atoms with Crippen molar-refractivity contribution in [3.63, 3.8) is 0 Å². The number of hydrogen-bond donors (Lipinski definition) is 0. The Labute approximate surface area is 152 Å². The van der Waals surface area contributed by atoms with E-state index < -0.39 is 0 Å². The highest BCUT2D eigenvalue weighted by atomic mass is 16.5. The molecule has 140 valence electrons. The third-order valence-corrected chi connectivity index (χ3v) is 4.36. The van der Waals surface area contributed by atoms with Crippen molar-refractivity contribution in [2.75, 3.05) is 20.2 Å². The third-order valence-electron chi connectivity index (χ3n) is 4.36. The van der Waals surface area contributed by atoms with Crippen molar-refractivity contribution in [3.8, 4) is 0 Å². The van der Waals surface area contributed by atoms with Crippen LogP contribution in [-0.2, 0) is 14.9 Å². The topological polar surface area (TPSA) is 46.6 Å². The van der Waals surface area contributed by atoms with Gasteiger partial charge in [-0.25, -0.2) is 0 Å². The molecule has 1 amide bonds. The molecule has 1 aromatic rings. The summed E-state index contributed by atoms with van der Waals surface area (Å²) in [6.07, 6.45) is 0.902. The predicted octanol–water partition coefficient (Wildman–Crippen LogP) is 4.28. The Morgan fingerprint density at radius 2 is 1.64 bits per heavy atom. The summed E-state index contributed by atoms with van der Waals surface area (Å²) in [5.41, 5.74) is 1.91. The summed E-state index contributed by atoms with van der Waals surface area (Å²) < 4.78 is 4.80. The number of carbonyl (C=O) groups is 2. The van der Waals surface area contributed by atoms with Crippen LogP contribution in [-0.4, -0.2) is 37.0 Å². The SMILES string of the molecule is COC(=O)C(C)CN(CCC(C)C)C(=O)c1ccc(C(C)(C)C)cc1. The van der Waals surface area contributed by atoms with Crippen molar-refractivity contribution in [2.24, 2.45) is 11.8 Å². The van der Waals surface area contributed by atoms with Crippen molar-refractivity contribution in [1.82, 2.24) is 4.90 Å². The Balaban J connectivity index is 2.95. The molecule has 4 nitrogen and oxygen atoms in total. The minimum absolute atomic E-state index is 0.0307. The minimum Gasteiger partial charge on any atom is -0.469 e. The highest BCUT2D eigenvalue weighted by Gasteiger charge is 2.23. The molecule has 0 saturated heterocycles. The van der Waals surface area contributed by atoms with E-state index in [4.69, 9.17) is 4.74 Å². The molecule has 1 aromatic carbocycles. The van der Waals surface area contributed by atoms with Crippen LogP contribution in [0.1, 0.15) is 63.9 Å². The lowest BCUT2D eigenvalue weighted by atomic mass is 9.86. The summed E-state index contributed by atoms with van der Waals surface area (Å²) in [6, 6.07) is 7.79. The molecule has 0 aliphatic carbocycles. The van der Waals surface area contributed by atoms with Crippen LogP contribution in [0.5, 0.6) is 0 Å². The van der Waals surface area contributed by atoms with Gasteiger partial charge in [0.15, 0.2) is 0 Å². The highest BCUT2D eigenvalue weighted by molar-refractivity contribution is 5.94. The second kappa shape index (κ2) is 9.02. The molecule has 0 N–H and O–H groups in total. The van der Waals surface area contributed by atoms with Gasteiger partial charge in [-0.05, 0) is 35.4 Å². The lowest BCUT2D eigenvalue weighted by Gasteiger charge is -2.26. The first-order valence-corrected chi connectivity index (χ1v) is 9.04. The number of carbonyl (C=O) groups excluding carboxylic acids is 2. The van der Waals surface area contributed by atoms with Gasteiger partial charge in [-0.1, -0.05) is 53.7 Å². The predicted molar refractivity (Wildman–Crippen MR) is 102 cm³/mol. The summed E-state index contributed by atoms with van der Waals surface area (Å²) in [4.78, 5) is 26.4. The molecule has 0 fully saturated rings. The highest BCUT2D eigenvalue weighted by Crippen LogP contribution is 2.23. The van der Waals surface area contributed by atoms with Crippen LogP contribution in [0.4, 0.5) is 0 Å². The molecule has 1 atom stereocenters. The second-order valence-corrected chi connectivity index (χ2v) is 8.19. The molecule has 4 heteroatoms. The standard InChI is InChI=1S/C21H33NO3/c1-15(2)12-13-22(14-16(3)20(24)25-7)19(23)17-8-10-18(11-9-17)21(4,5)6/h8-11,15-16H,12-14H2,1-7H3. The van der Waals surface area contributed by atoms with Crippen LogP contribution in [0.3, 0.4) is 0 Å². The number of benzene rings is 1. The largest absolute Gasteiger partial charge is 0.469 e. The first-order valence-electron chi connectivity index (χ1n) is 9.04. The van der Waals surface area contributed by atoms with Crippen molar-refractivity contribution in [3.05, 3.63) is 35.4 Å². The monoisotopic (exact) mass is 347 g/mol. The van der Waals surface area contributed by atoms with E-state index in [1.54, 1.807) is 11.8 Å². The Morgan fingerprint density at radius 3 is 2.08 bits per heavy atom. The average molecular weight is 347 g/mol. The van der Waals surface area contributed by atoms with E-state index in [-0.39, 0.29) is 23.2 Å². The Bertz CT molecular complexity index is 570. The van der Waals surface area contributed by atoms with E-state index in [2.05, 4.69) is 34.6 Å². The summed E-state index contributed by atoms with van der Waals surface area (Å²) in [6.45, 7) is 13.5. The zero-order valence-corrected chi connectivity index (χ0v) is 16.8. The van der Waals surface area contributed by atoms with Gasteiger partial charge in [0.25, 0.3) is 5.91 Å². The lowest BCUT2D eigenvalue weighted by Crippen LogP contribution is -2.38. The molecule has 0 aliphatic rings. The van der Waals surface area contributed by atoms with Gasteiger partial charge in [-0.2, -0.15) is 0 Å². The number of amides is 1.